The minimum Gasteiger partial charge on any atom is -0.393 e. The lowest BCUT2D eigenvalue weighted by Gasteiger charge is -2.25. The Morgan fingerprint density at radius 2 is 2.24 bits per heavy atom. The highest BCUT2D eigenvalue weighted by Crippen LogP contribution is 2.10. The lowest BCUT2D eigenvalue weighted by molar-refractivity contribution is -0.131. The first kappa shape index (κ1) is 14.3. The van der Waals surface area contributed by atoms with Crippen LogP contribution in [-0.4, -0.2) is 67.1 Å². The predicted molar refractivity (Wildman–Crippen MR) is 70.9 cm³/mol. The third kappa shape index (κ3) is 4.97. The first-order valence-corrected chi connectivity index (χ1v) is 6.21. The van der Waals surface area contributed by atoms with Crippen molar-refractivity contribution in [2.75, 3.05) is 40.4 Å². The molecule has 1 unspecified atom stereocenters. The topological polar surface area (TPSA) is 58.8 Å². The van der Waals surface area contributed by atoms with Gasteiger partial charge in [0.1, 0.15) is 0 Å². The van der Waals surface area contributed by atoms with Crippen LogP contribution in [0.15, 0.2) is 0 Å². The summed E-state index contributed by atoms with van der Waals surface area (Å²) in [6.07, 6.45) is 1.58. The normalized spacial score (nSPS) is 19.6. The van der Waals surface area contributed by atoms with Crippen molar-refractivity contribution in [1.29, 1.82) is 0 Å². The Hall–Kier alpha value is -0.720. The van der Waals surface area contributed by atoms with E-state index in [0.717, 1.165) is 19.6 Å². The summed E-state index contributed by atoms with van der Waals surface area (Å²) < 4.78 is 5.30. The van der Waals surface area contributed by atoms with Crippen molar-refractivity contribution in [3.63, 3.8) is 0 Å². The highest BCUT2D eigenvalue weighted by atomic mass is 32.1. The first-order valence-electron chi connectivity index (χ1n) is 5.81. The first-order chi connectivity index (χ1) is 8.00. The molecule has 1 aliphatic rings. The molecule has 1 fully saturated rings. The standard InChI is InChI=1S/C11H21N3O2S/c1-13(5-3-10(12)17)11(15)7-14(2)9-4-6-16-8-9/h9H,3-8H2,1-2H3,(H2,12,17). The molecule has 1 heterocycles. The van der Waals surface area contributed by atoms with E-state index in [0.29, 0.717) is 30.5 Å². The molecule has 0 spiro atoms. The van der Waals surface area contributed by atoms with E-state index in [4.69, 9.17) is 22.7 Å². The average molecular weight is 259 g/mol. The number of hydrogen-bond donors (Lipinski definition) is 1. The smallest absolute Gasteiger partial charge is 0.236 e. The Balaban J connectivity index is 2.29. The number of carbonyl (C=O) groups is 1. The van der Waals surface area contributed by atoms with Gasteiger partial charge in [-0.2, -0.15) is 0 Å². The van der Waals surface area contributed by atoms with Gasteiger partial charge in [-0.3, -0.25) is 9.69 Å². The highest BCUT2D eigenvalue weighted by molar-refractivity contribution is 7.80. The van der Waals surface area contributed by atoms with Gasteiger partial charge in [0.05, 0.1) is 18.1 Å². The maximum atomic E-state index is 11.9. The van der Waals surface area contributed by atoms with Gasteiger partial charge in [0.25, 0.3) is 0 Å². The number of ether oxygens (including phenoxy) is 1. The molecule has 98 valence electrons. The molecule has 5 nitrogen and oxygen atoms in total. The van der Waals surface area contributed by atoms with E-state index in [2.05, 4.69) is 0 Å². The van der Waals surface area contributed by atoms with E-state index in [1.165, 1.54) is 0 Å². The molecule has 0 aromatic heterocycles. The van der Waals surface area contributed by atoms with Crippen LogP contribution >= 0.6 is 12.2 Å². The Labute approximate surface area is 108 Å². The Morgan fingerprint density at radius 3 is 2.76 bits per heavy atom. The molecule has 0 bridgehead atoms. The van der Waals surface area contributed by atoms with E-state index in [1.807, 2.05) is 11.9 Å². The summed E-state index contributed by atoms with van der Waals surface area (Å²) >= 11 is 4.79. The van der Waals surface area contributed by atoms with Gasteiger partial charge >= 0.3 is 0 Å². The largest absolute Gasteiger partial charge is 0.393 e. The number of nitrogens with zero attached hydrogens (tertiary/aromatic N) is 2. The number of likely N-dealkylation sites (N-methyl/N-ethyl adjacent to an activating group) is 2. The second kappa shape index (κ2) is 6.88. The Kier molecular flexibility index (Phi) is 5.80. The predicted octanol–water partition coefficient (Wildman–Crippen LogP) is -0.158. The van der Waals surface area contributed by atoms with Gasteiger partial charge in [0.2, 0.25) is 5.91 Å². The Bertz CT molecular complexity index is 280. The van der Waals surface area contributed by atoms with Gasteiger partial charge in [-0.1, -0.05) is 12.2 Å². The zero-order chi connectivity index (χ0) is 12.8. The van der Waals surface area contributed by atoms with Crippen LogP contribution < -0.4 is 5.73 Å². The van der Waals surface area contributed by atoms with E-state index in [-0.39, 0.29) is 5.91 Å². The number of amides is 1. The van der Waals surface area contributed by atoms with Crippen LogP contribution in [-0.2, 0) is 9.53 Å². The number of rotatable bonds is 6. The molecule has 1 amide bonds. The summed E-state index contributed by atoms with van der Waals surface area (Å²) in [5.41, 5.74) is 5.41. The molecule has 0 saturated carbocycles. The fourth-order valence-electron chi connectivity index (χ4n) is 1.74. The van der Waals surface area contributed by atoms with Crippen LogP contribution in [0.1, 0.15) is 12.8 Å². The highest BCUT2D eigenvalue weighted by Gasteiger charge is 2.22. The van der Waals surface area contributed by atoms with Gasteiger partial charge in [-0.15, -0.1) is 0 Å². The molecule has 6 heteroatoms. The van der Waals surface area contributed by atoms with E-state index >= 15 is 0 Å². The number of carbonyl (C=O) groups excluding carboxylic acids is 1. The summed E-state index contributed by atoms with van der Waals surface area (Å²) in [5.74, 6) is 0.0932. The van der Waals surface area contributed by atoms with Gasteiger partial charge < -0.3 is 15.4 Å². The minimum atomic E-state index is 0.0932. The van der Waals surface area contributed by atoms with Crippen LogP contribution in [0.2, 0.25) is 0 Å². The van der Waals surface area contributed by atoms with Gasteiger partial charge in [0.15, 0.2) is 0 Å². The van der Waals surface area contributed by atoms with Gasteiger partial charge in [-0.05, 0) is 13.5 Å². The monoisotopic (exact) mass is 259 g/mol. The fourth-order valence-corrected chi connectivity index (χ4v) is 1.83. The molecular weight excluding hydrogens is 238 g/mol. The van der Waals surface area contributed by atoms with Crippen molar-refractivity contribution in [2.24, 2.45) is 5.73 Å². The number of nitrogens with two attached hydrogens (primary N) is 1. The maximum Gasteiger partial charge on any atom is 0.236 e. The van der Waals surface area contributed by atoms with Crippen LogP contribution in [0.3, 0.4) is 0 Å². The maximum absolute atomic E-state index is 11.9. The van der Waals surface area contributed by atoms with E-state index in [9.17, 15) is 4.79 Å². The van der Waals surface area contributed by atoms with Crippen molar-refractivity contribution in [3.05, 3.63) is 0 Å². The molecule has 0 radical (unpaired) electrons. The summed E-state index contributed by atoms with van der Waals surface area (Å²) in [7, 11) is 3.73. The zero-order valence-electron chi connectivity index (χ0n) is 10.5. The second-order valence-corrected chi connectivity index (χ2v) is 4.99. The molecule has 1 rings (SSSR count). The number of thiocarbonyl (C=S) groups is 1. The van der Waals surface area contributed by atoms with E-state index in [1.54, 1.807) is 11.9 Å². The molecule has 0 aromatic carbocycles. The van der Waals surface area contributed by atoms with Crippen LogP contribution in [0.25, 0.3) is 0 Å². The van der Waals surface area contributed by atoms with Crippen molar-refractivity contribution in [3.8, 4) is 0 Å². The summed E-state index contributed by atoms with van der Waals surface area (Å²) in [6, 6.07) is 0.364. The lowest BCUT2D eigenvalue weighted by Crippen LogP contribution is -2.42. The zero-order valence-corrected chi connectivity index (χ0v) is 11.3. The molecule has 1 aliphatic heterocycles. The third-order valence-electron chi connectivity index (χ3n) is 3.03. The lowest BCUT2D eigenvalue weighted by atomic mass is 10.2. The summed E-state index contributed by atoms with van der Waals surface area (Å²) in [4.78, 5) is 16.0. The molecule has 1 atom stereocenters. The SMILES string of the molecule is CN(CCC(N)=S)C(=O)CN(C)C1CCOC1. The van der Waals surface area contributed by atoms with Crippen LogP contribution in [0.4, 0.5) is 0 Å². The van der Waals surface area contributed by atoms with Crippen molar-refractivity contribution >= 4 is 23.1 Å². The average Bonchev–Trinajstić information content (AvgIpc) is 2.78. The molecular formula is C11H21N3O2S. The Morgan fingerprint density at radius 1 is 1.53 bits per heavy atom. The third-order valence-corrected chi connectivity index (χ3v) is 3.24. The molecule has 2 N–H and O–H groups in total. The molecule has 0 aromatic rings. The van der Waals surface area contributed by atoms with Crippen molar-refractivity contribution < 1.29 is 9.53 Å². The van der Waals surface area contributed by atoms with E-state index < -0.39 is 0 Å². The summed E-state index contributed by atoms with van der Waals surface area (Å²) in [5, 5.41) is 0. The number of hydrogen-bond acceptors (Lipinski definition) is 4. The molecule has 1 saturated heterocycles. The molecule has 0 aliphatic carbocycles. The fraction of sp³-hybridized carbons (Fsp3) is 0.818. The second-order valence-electron chi connectivity index (χ2n) is 4.46. The van der Waals surface area contributed by atoms with Gasteiger partial charge in [-0.25, -0.2) is 0 Å². The van der Waals surface area contributed by atoms with Gasteiger partial charge in [0, 0.05) is 32.7 Å². The molecule has 17 heavy (non-hydrogen) atoms. The summed E-state index contributed by atoms with van der Waals surface area (Å²) in [6.45, 7) is 2.52. The van der Waals surface area contributed by atoms with Crippen LogP contribution in [0.5, 0.6) is 0 Å². The quantitative estimate of drug-likeness (QED) is 0.672. The van der Waals surface area contributed by atoms with Crippen molar-refractivity contribution in [1.82, 2.24) is 9.80 Å². The van der Waals surface area contributed by atoms with Crippen molar-refractivity contribution in [2.45, 2.75) is 18.9 Å². The van der Waals surface area contributed by atoms with Crippen LogP contribution in [0, 0.1) is 0 Å². The minimum absolute atomic E-state index is 0.0932.